The summed E-state index contributed by atoms with van der Waals surface area (Å²) in [6.45, 7) is 1.83. The summed E-state index contributed by atoms with van der Waals surface area (Å²) in [7, 11) is 0. The van der Waals surface area contributed by atoms with Gasteiger partial charge in [0.25, 0.3) is 0 Å². The number of hydrogen-bond acceptors (Lipinski definition) is 6. The number of fused-ring (bicyclic) bond motifs is 1. The third kappa shape index (κ3) is 3.02. The monoisotopic (exact) mass is 337 g/mol. The molecule has 0 aromatic carbocycles. The predicted molar refractivity (Wildman–Crippen MR) is 90.4 cm³/mol. The number of aromatic nitrogens is 4. The van der Waals surface area contributed by atoms with Crippen LogP contribution in [0.15, 0.2) is 30.7 Å². The predicted octanol–water partition coefficient (Wildman–Crippen LogP) is 1.97. The lowest BCUT2D eigenvalue weighted by molar-refractivity contribution is 0.479. The average molecular weight is 337 g/mol. The van der Waals surface area contributed by atoms with E-state index in [9.17, 15) is 9.65 Å². The van der Waals surface area contributed by atoms with Crippen molar-refractivity contribution in [2.75, 3.05) is 18.4 Å². The van der Waals surface area contributed by atoms with Gasteiger partial charge in [-0.1, -0.05) is 0 Å². The van der Waals surface area contributed by atoms with E-state index in [4.69, 9.17) is 0 Å². The van der Waals surface area contributed by atoms with E-state index in [-0.39, 0.29) is 11.9 Å². The minimum Gasteiger partial charge on any atom is -0.365 e. The van der Waals surface area contributed by atoms with E-state index >= 15 is 0 Å². The molecule has 3 aromatic heterocycles. The van der Waals surface area contributed by atoms with Crippen molar-refractivity contribution < 1.29 is 4.39 Å². The second kappa shape index (κ2) is 6.45. The van der Waals surface area contributed by atoms with Crippen LogP contribution in [0.1, 0.15) is 18.4 Å². The Labute approximate surface area is 143 Å². The average Bonchev–Trinajstić information content (AvgIpc) is 3.05. The van der Waals surface area contributed by atoms with Crippen LogP contribution in [0.25, 0.3) is 17.2 Å². The lowest BCUT2D eigenvalue weighted by Gasteiger charge is -2.24. The molecule has 3 aromatic rings. The zero-order valence-electron chi connectivity index (χ0n) is 13.4. The number of imidazole rings is 1. The first-order chi connectivity index (χ1) is 12.2. The number of pyridine rings is 1. The first-order valence-corrected chi connectivity index (χ1v) is 8.12. The smallest absolute Gasteiger partial charge is 0.180 e. The number of nitriles is 1. The van der Waals surface area contributed by atoms with Crippen molar-refractivity contribution in [3.8, 4) is 17.6 Å². The SMILES string of the molecule is N#Cc1cnc(-c2cnc3ccc(F)cn23)nc1N[C@@H]1CCCNC1. The molecule has 25 heavy (non-hydrogen) atoms. The Morgan fingerprint density at radius 3 is 3.04 bits per heavy atom. The molecular formula is C17H16FN7. The largest absolute Gasteiger partial charge is 0.365 e. The standard InChI is InChI=1S/C17H16FN7/c18-12-3-4-15-21-9-14(25(15)10-12)17-22-7-11(6-19)16(24-17)23-13-2-1-5-20-8-13/h3-4,7,9-10,13,20H,1-2,5,8H2,(H,22,23,24)/t13-/m1/s1. The van der Waals surface area contributed by atoms with Gasteiger partial charge in [-0.15, -0.1) is 0 Å². The number of hydrogen-bond donors (Lipinski definition) is 2. The molecule has 0 bridgehead atoms. The molecule has 1 aliphatic rings. The molecule has 0 radical (unpaired) electrons. The summed E-state index contributed by atoms with van der Waals surface area (Å²) in [6, 6.07) is 5.27. The van der Waals surface area contributed by atoms with Gasteiger partial charge in [-0.2, -0.15) is 5.26 Å². The molecule has 2 N–H and O–H groups in total. The number of halogens is 1. The lowest BCUT2D eigenvalue weighted by atomic mass is 10.1. The summed E-state index contributed by atoms with van der Waals surface area (Å²) in [6.07, 6.45) is 6.52. The Morgan fingerprint density at radius 1 is 1.32 bits per heavy atom. The van der Waals surface area contributed by atoms with Crippen LogP contribution in [0.5, 0.6) is 0 Å². The lowest BCUT2D eigenvalue weighted by Crippen LogP contribution is -2.38. The van der Waals surface area contributed by atoms with Gasteiger partial charge in [-0.05, 0) is 31.5 Å². The van der Waals surface area contributed by atoms with E-state index < -0.39 is 0 Å². The quantitative estimate of drug-likeness (QED) is 0.759. The van der Waals surface area contributed by atoms with Crippen LogP contribution in [-0.2, 0) is 0 Å². The van der Waals surface area contributed by atoms with Crippen LogP contribution in [-0.4, -0.2) is 38.5 Å². The highest BCUT2D eigenvalue weighted by molar-refractivity contribution is 5.61. The molecule has 0 amide bonds. The fourth-order valence-corrected chi connectivity index (χ4v) is 2.99. The Balaban J connectivity index is 1.73. The van der Waals surface area contributed by atoms with Crippen molar-refractivity contribution >= 4 is 11.5 Å². The zero-order chi connectivity index (χ0) is 17.2. The highest BCUT2D eigenvalue weighted by atomic mass is 19.1. The topological polar surface area (TPSA) is 90.9 Å². The molecule has 4 heterocycles. The van der Waals surface area contributed by atoms with Gasteiger partial charge in [0.05, 0.1) is 12.4 Å². The minimum atomic E-state index is -0.368. The van der Waals surface area contributed by atoms with Crippen molar-refractivity contribution in [3.05, 3.63) is 42.1 Å². The van der Waals surface area contributed by atoms with Crippen molar-refractivity contribution in [2.24, 2.45) is 0 Å². The molecule has 0 spiro atoms. The maximum absolute atomic E-state index is 13.6. The highest BCUT2D eigenvalue weighted by Crippen LogP contribution is 2.22. The molecular weight excluding hydrogens is 321 g/mol. The molecule has 1 fully saturated rings. The summed E-state index contributed by atoms with van der Waals surface area (Å²) in [5.41, 5.74) is 1.56. The van der Waals surface area contributed by atoms with Gasteiger partial charge in [0.2, 0.25) is 0 Å². The molecule has 1 saturated heterocycles. The molecule has 4 rings (SSSR count). The van der Waals surface area contributed by atoms with Gasteiger partial charge in [-0.3, -0.25) is 4.40 Å². The van der Waals surface area contributed by atoms with Crippen LogP contribution in [0.4, 0.5) is 10.2 Å². The van der Waals surface area contributed by atoms with E-state index in [0.29, 0.717) is 28.5 Å². The Kier molecular flexibility index (Phi) is 3.99. The second-order valence-corrected chi connectivity index (χ2v) is 5.97. The number of nitrogens with one attached hydrogen (secondary N) is 2. The van der Waals surface area contributed by atoms with Gasteiger partial charge in [0.15, 0.2) is 5.82 Å². The first-order valence-electron chi connectivity index (χ1n) is 8.12. The van der Waals surface area contributed by atoms with E-state index in [1.807, 2.05) is 0 Å². The number of piperidine rings is 1. The second-order valence-electron chi connectivity index (χ2n) is 5.97. The molecule has 7 nitrogen and oxygen atoms in total. The van der Waals surface area contributed by atoms with Crippen molar-refractivity contribution in [1.29, 1.82) is 5.26 Å². The summed E-state index contributed by atoms with van der Waals surface area (Å²) in [5, 5.41) is 16.0. The van der Waals surface area contributed by atoms with Gasteiger partial charge in [0.1, 0.15) is 34.6 Å². The van der Waals surface area contributed by atoms with Gasteiger partial charge in [0, 0.05) is 18.8 Å². The van der Waals surface area contributed by atoms with Crippen LogP contribution < -0.4 is 10.6 Å². The molecule has 0 saturated carbocycles. The fraction of sp³-hybridized carbons (Fsp3) is 0.294. The fourth-order valence-electron chi connectivity index (χ4n) is 2.99. The number of nitrogens with zero attached hydrogens (tertiary/aromatic N) is 5. The molecule has 8 heteroatoms. The zero-order valence-corrected chi connectivity index (χ0v) is 13.4. The van der Waals surface area contributed by atoms with Gasteiger partial charge in [-0.25, -0.2) is 19.3 Å². The summed E-state index contributed by atoms with van der Waals surface area (Å²) in [4.78, 5) is 13.0. The Hall–Kier alpha value is -3.05. The van der Waals surface area contributed by atoms with Crippen LogP contribution in [0.2, 0.25) is 0 Å². The van der Waals surface area contributed by atoms with Crippen molar-refractivity contribution in [3.63, 3.8) is 0 Å². The minimum absolute atomic E-state index is 0.211. The van der Waals surface area contributed by atoms with E-state index in [0.717, 1.165) is 25.9 Å². The van der Waals surface area contributed by atoms with E-state index in [1.54, 1.807) is 16.7 Å². The maximum atomic E-state index is 13.6. The number of anilines is 1. The Bertz CT molecular complexity index is 953. The highest BCUT2D eigenvalue weighted by Gasteiger charge is 2.17. The summed E-state index contributed by atoms with van der Waals surface area (Å²) in [5.74, 6) is 0.517. The normalized spacial score (nSPS) is 17.4. The number of rotatable bonds is 3. The van der Waals surface area contributed by atoms with Gasteiger partial charge < -0.3 is 10.6 Å². The van der Waals surface area contributed by atoms with Crippen molar-refractivity contribution in [2.45, 2.75) is 18.9 Å². The molecule has 1 atom stereocenters. The first kappa shape index (κ1) is 15.5. The molecule has 0 unspecified atom stereocenters. The van der Waals surface area contributed by atoms with E-state index in [2.05, 4.69) is 31.7 Å². The molecule has 0 aliphatic carbocycles. The Morgan fingerprint density at radius 2 is 2.24 bits per heavy atom. The van der Waals surface area contributed by atoms with Gasteiger partial charge >= 0.3 is 0 Å². The van der Waals surface area contributed by atoms with Crippen LogP contribution >= 0.6 is 0 Å². The van der Waals surface area contributed by atoms with Crippen LogP contribution in [0, 0.1) is 17.1 Å². The molecule has 1 aliphatic heterocycles. The van der Waals surface area contributed by atoms with E-state index in [1.165, 1.54) is 18.5 Å². The summed E-state index contributed by atoms with van der Waals surface area (Å²) >= 11 is 0. The summed E-state index contributed by atoms with van der Waals surface area (Å²) < 4.78 is 15.2. The van der Waals surface area contributed by atoms with Crippen molar-refractivity contribution in [1.82, 2.24) is 24.7 Å². The van der Waals surface area contributed by atoms with Crippen LogP contribution in [0.3, 0.4) is 0 Å². The third-order valence-electron chi connectivity index (χ3n) is 4.25. The maximum Gasteiger partial charge on any atom is 0.180 e. The molecule has 126 valence electrons. The third-order valence-corrected chi connectivity index (χ3v) is 4.25.